The Kier molecular flexibility index (Phi) is 6.80. The number of methoxy groups -OCH3 is 1. The fourth-order valence-corrected chi connectivity index (χ4v) is 2.53. The van der Waals surface area contributed by atoms with Crippen LogP contribution in [0, 0.1) is 19.8 Å². The molecule has 140 valence electrons. The number of carbonyl (C=O) groups excluding carboxylic acids is 1. The van der Waals surface area contributed by atoms with Crippen molar-refractivity contribution in [3.63, 3.8) is 0 Å². The summed E-state index contributed by atoms with van der Waals surface area (Å²) in [6.07, 6.45) is 1.02. The standard InChI is InChI=1S/C19H25ClN4O2/c1-11(2)6-7-21-18-10-16(22-13(4)23-18)19(25)24-15-8-12(3)14(20)9-17(15)26-5/h8-11H,6-7H2,1-5H3,(H,24,25)(H,21,22,23). The number of hydrogen-bond donors (Lipinski definition) is 2. The molecule has 1 amide bonds. The largest absolute Gasteiger partial charge is 0.495 e. The summed E-state index contributed by atoms with van der Waals surface area (Å²) in [5.74, 6) is 1.93. The van der Waals surface area contributed by atoms with Gasteiger partial charge in [0, 0.05) is 23.7 Å². The van der Waals surface area contributed by atoms with Crippen LogP contribution in [-0.2, 0) is 0 Å². The van der Waals surface area contributed by atoms with Gasteiger partial charge in [-0.1, -0.05) is 25.4 Å². The van der Waals surface area contributed by atoms with E-state index >= 15 is 0 Å². The number of halogens is 1. The lowest BCUT2D eigenvalue weighted by atomic mass is 10.1. The SMILES string of the molecule is COc1cc(Cl)c(C)cc1NC(=O)c1cc(NCCC(C)C)nc(C)n1. The Bertz CT molecular complexity index is 793. The zero-order valence-electron chi connectivity index (χ0n) is 15.8. The Labute approximate surface area is 159 Å². The quantitative estimate of drug-likeness (QED) is 0.745. The highest BCUT2D eigenvalue weighted by atomic mass is 35.5. The van der Waals surface area contributed by atoms with Crippen LogP contribution in [0.4, 0.5) is 11.5 Å². The second-order valence-electron chi connectivity index (χ2n) is 6.55. The molecule has 0 radical (unpaired) electrons. The molecule has 6 nitrogen and oxygen atoms in total. The van der Waals surface area contributed by atoms with E-state index in [1.807, 2.05) is 6.92 Å². The van der Waals surface area contributed by atoms with E-state index in [0.717, 1.165) is 18.5 Å². The molecule has 0 saturated carbocycles. The minimum Gasteiger partial charge on any atom is -0.495 e. The van der Waals surface area contributed by atoms with Gasteiger partial charge >= 0.3 is 0 Å². The second kappa shape index (κ2) is 8.85. The van der Waals surface area contributed by atoms with E-state index in [9.17, 15) is 4.79 Å². The molecule has 2 aromatic rings. The molecular weight excluding hydrogens is 352 g/mol. The Balaban J connectivity index is 2.19. The number of nitrogens with zero attached hydrogens (tertiary/aromatic N) is 2. The third kappa shape index (κ3) is 5.33. The topological polar surface area (TPSA) is 76.1 Å². The van der Waals surface area contributed by atoms with E-state index in [1.54, 1.807) is 25.1 Å². The molecular formula is C19H25ClN4O2. The van der Waals surface area contributed by atoms with Gasteiger partial charge in [-0.05, 0) is 37.8 Å². The summed E-state index contributed by atoms with van der Waals surface area (Å²) < 4.78 is 5.30. The van der Waals surface area contributed by atoms with Gasteiger partial charge in [0.1, 0.15) is 23.1 Å². The summed E-state index contributed by atoms with van der Waals surface area (Å²) >= 11 is 6.11. The van der Waals surface area contributed by atoms with Crippen molar-refractivity contribution in [1.29, 1.82) is 0 Å². The number of hydrogen-bond acceptors (Lipinski definition) is 5. The fourth-order valence-electron chi connectivity index (χ4n) is 2.38. The normalized spacial score (nSPS) is 10.7. The van der Waals surface area contributed by atoms with E-state index in [1.165, 1.54) is 7.11 Å². The molecule has 1 heterocycles. The first-order chi connectivity index (χ1) is 12.3. The van der Waals surface area contributed by atoms with Crippen LogP contribution in [0.5, 0.6) is 5.75 Å². The van der Waals surface area contributed by atoms with Crippen molar-refractivity contribution in [2.24, 2.45) is 5.92 Å². The number of carbonyl (C=O) groups is 1. The highest BCUT2D eigenvalue weighted by Crippen LogP contribution is 2.31. The third-order valence-electron chi connectivity index (χ3n) is 3.83. The smallest absolute Gasteiger partial charge is 0.274 e. The van der Waals surface area contributed by atoms with E-state index in [0.29, 0.717) is 39.7 Å². The van der Waals surface area contributed by atoms with Gasteiger partial charge in [0.05, 0.1) is 12.8 Å². The molecule has 26 heavy (non-hydrogen) atoms. The highest BCUT2D eigenvalue weighted by molar-refractivity contribution is 6.31. The minimum atomic E-state index is -0.331. The molecule has 0 fully saturated rings. The molecule has 7 heteroatoms. The lowest BCUT2D eigenvalue weighted by Gasteiger charge is -2.13. The van der Waals surface area contributed by atoms with Gasteiger partial charge in [-0.2, -0.15) is 0 Å². The molecule has 0 aliphatic carbocycles. The molecule has 0 saturated heterocycles. The van der Waals surface area contributed by atoms with Crippen LogP contribution < -0.4 is 15.4 Å². The van der Waals surface area contributed by atoms with Gasteiger partial charge < -0.3 is 15.4 Å². The Morgan fingerprint density at radius 2 is 1.96 bits per heavy atom. The van der Waals surface area contributed by atoms with Crippen LogP contribution in [0.2, 0.25) is 5.02 Å². The molecule has 0 aliphatic rings. The van der Waals surface area contributed by atoms with E-state index in [-0.39, 0.29) is 5.91 Å². The van der Waals surface area contributed by atoms with Gasteiger partial charge in [-0.3, -0.25) is 4.79 Å². The number of aromatic nitrogens is 2. The maximum absolute atomic E-state index is 12.6. The maximum atomic E-state index is 12.6. The van der Waals surface area contributed by atoms with Crippen molar-refractivity contribution in [3.8, 4) is 5.75 Å². The lowest BCUT2D eigenvalue weighted by molar-refractivity contribution is 0.102. The first kappa shape index (κ1) is 20.0. The number of amides is 1. The lowest BCUT2D eigenvalue weighted by Crippen LogP contribution is -2.17. The van der Waals surface area contributed by atoms with Crippen molar-refractivity contribution in [2.45, 2.75) is 34.1 Å². The summed E-state index contributed by atoms with van der Waals surface area (Å²) in [5.41, 5.74) is 1.68. The summed E-state index contributed by atoms with van der Waals surface area (Å²) in [4.78, 5) is 21.2. The Morgan fingerprint density at radius 3 is 2.62 bits per heavy atom. The molecule has 2 rings (SSSR count). The van der Waals surface area contributed by atoms with Crippen molar-refractivity contribution in [2.75, 3.05) is 24.3 Å². The third-order valence-corrected chi connectivity index (χ3v) is 4.23. The predicted octanol–water partition coefficient (Wildman–Crippen LogP) is 4.47. The van der Waals surface area contributed by atoms with Gasteiger partial charge in [-0.25, -0.2) is 9.97 Å². The van der Waals surface area contributed by atoms with Crippen molar-refractivity contribution >= 4 is 29.0 Å². The van der Waals surface area contributed by atoms with Gasteiger partial charge in [0.25, 0.3) is 5.91 Å². The number of aryl methyl sites for hydroxylation is 2. The van der Waals surface area contributed by atoms with Crippen molar-refractivity contribution < 1.29 is 9.53 Å². The number of ether oxygens (including phenoxy) is 1. The predicted molar refractivity (Wildman–Crippen MR) is 105 cm³/mol. The van der Waals surface area contributed by atoms with E-state index in [2.05, 4.69) is 34.4 Å². The average Bonchev–Trinajstić information content (AvgIpc) is 2.57. The number of rotatable bonds is 7. The minimum absolute atomic E-state index is 0.291. The molecule has 0 spiro atoms. The van der Waals surface area contributed by atoms with Crippen LogP contribution in [0.3, 0.4) is 0 Å². The molecule has 0 aliphatic heterocycles. The second-order valence-corrected chi connectivity index (χ2v) is 6.96. The van der Waals surface area contributed by atoms with Crippen LogP contribution in [0.25, 0.3) is 0 Å². The zero-order chi connectivity index (χ0) is 19.3. The molecule has 2 N–H and O–H groups in total. The summed E-state index contributed by atoms with van der Waals surface area (Å²) in [6, 6.07) is 5.10. The first-order valence-electron chi connectivity index (χ1n) is 8.55. The number of anilines is 2. The van der Waals surface area contributed by atoms with Crippen LogP contribution in [-0.4, -0.2) is 29.5 Å². The number of nitrogens with one attached hydrogen (secondary N) is 2. The highest BCUT2D eigenvalue weighted by Gasteiger charge is 2.14. The zero-order valence-corrected chi connectivity index (χ0v) is 16.6. The Morgan fingerprint density at radius 1 is 1.23 bits per heavy atom. The number of benzene rings is 1. The van der Waals surface area contributed by atoms with Gasteiger partial charge in [0.15, 0.2) is 0 Å². The average molecular weight is 377 g/mol. The monoisotopic (exact) mass is 376 g/mol. The van der Waals surface area contributed by atoms with E-state index < -0.39 is 0 Å². The maximum Gasteiger partial charge on any atom is 0.274 e. The molecule has 1 aromatic heterocycles. The van der Waals surface area contributed by atoms with Gasteiger partial charge in [0.2, 0.25) is 0 Å². The van der Waals surface area contributed by atoms with Crippen molar-refractivity contribution in [3.05, 3.63) is 40.3 Å². The van der Waals surface area contributed by atoms with Crippen LogP contribution in [0.15, 0.2) is 18.2 Å². The summed E-state index contributed by atoms with van der Waals surface area (Å²) in [5, 5.41) is 6.65. The van der Waals surface area contributed by atoms with Crippen LogP contribution >= 0.6 is 11.6 Å². The Hall–Kier alpha value is -2.34. The fraction of sp³-hybridized carbons (Fsp3) is 0.421. The van der Waals surface area contributed by atoms with Crippen molar-refractivity contribution in [1.82, 2.24) is 9.97 Å². The molecule has 0 unspecified atom stereocenters. The summed E-state index contributed by atoms with van der Waals surface area (Å²) in [6.45, 7) is 8.74. The van der Waals surface area contributed by atoms with Gasteiger partial charge in [-0.15, -0.1) is 0 Å². The summed E-state index contributed by atoms with van der Waals surface area (Å²) in [7, 11) is 1.53. The molecule has 0 bridgehead atoms. The van der Waals surface area contributed by atoms with Crippen LogP contribution in [0.1, 0.15) is 42.1 Å². The molecule has 1 aromatic carbocycles. The molecule has 0 atom stereocenters. The first-order valence-corrected chi connectivity index (χ1v) is 8.93. The van der Waals surface area contributed by atoms with E-state index in [4.69, 9.17) is 16.3 Å².